The lowest BCUT2D eigenvalue weighted by molar-refractivity contribution is -0.244. The molecule has 1 aromatic rings. The van der Waals surface area contributed by atoms with E-state index in [2.05, 4.69) is 13.1 Å². The molecule has 164 valence electrons. The van der Waals surface area contributed by atoms with Gasteiger partial charge in [0.25, 0.3) is 13.4 Å². The van der Waals surface area contributed by atoms with Gasteiger partial charge in [-0.05, 0) is 4.57 Å². The maximum absolute atomic E-state index is 11.7. The highest BCUT2D eigenvalue weighted by atomic mass is 31.3. The van der Waals surface area contributed by atoms with Crippen molar-refractivity contribution in [3.8, 4) is 5.75 Å². The Morgan fingerprint density at radius 1 is 1.24 bits per heavy atom. The third-order valence-corrected chi connectivity index (χ3v) is 6.72. The number of aromatic amines is 1. The Morgan fingerprint density at radius 3 is 2.45 bits per heavy atom. The van der Waals surface area contributed by atoms with Crippen molar-refractivity contribution >= 4 is 23.9 Å². The van der Waals surface area contributed by atoms with Gasteiger partial charge < -0.3 is 39.3 Å². The van der Waals surface area contributed by atoms with Crippen LogP contribution in [0.4, 0.5) is 0 Å². The van der Waals surface area contributed by atoms with Gasteiger partial charge in [-0.3, -0.25) is 23.5 Å². The molecular formula is C9H11N2O15P3-2. The van der Waals surface area contributed by atoms with E-state index in [1.807, 2.05) is 0 Å². The van der Waals surface area contributed by atoms with Crippen molar-refractivity contribution in [1.82, 2.24) is 9.55 Å². The smallest absolute Gasteiger partial charge is 0.496 e. The van der Waals surface area contributed by atoms with Crippen molar-refractivity contribution in [3.63, 3.8) is 0 Å². The van der Waals surface area contributed by atoms with Crippen LogP contribution in [0.3, 0.4) is 0 Å². The number of H-pyrrole nitrogens is 1. The van der Waals surface area contributed by atoms with E-state index in [4.69, 9.17) is 4.74 Å². The zero-order valence-corrected chi connectivity index (χ0v) is 16.3. The first-order valence-electron chi connectivity index (χ1n) is 7.10. The summed E-state index contributed by atoms with van der Waals surface area (Å²) in [6.45, 7) is -1.15. The van der Waals surface area contributed by atoms with Crippen LogP contribution >= 0.6 is 23.9 Å². The second-order valence-electron chi connectivity index (χ2n) is 5.30. The Labute approximate surface area is 159 Å². The van der Waals surface area contributed by atoms with Crippen LogP contribution in [0.25, 0.3) is 0 Å². The van der Waals surface area contributed by atoms with E-state index < -0.39 is 72.0 Å². The Hall–Kier alpha value is -1.32. The summed E-state index contributed by atoms with van der Waals surface area (Å²) in [5, 5.41) is 29.2. The average molecular weight is 480 g/mol. The maximum Gasteiger partial charge on any atom is 0.496 e. The van der Waals surface area contributed by atoms with Crippen LogP contribution in [-0.2, 0) is 31.6 Å². The fraction of sp³-hybridized carbons (Fsp3) is 0.556. The molecule has 0 saturated carbocycles. The molecule has 7 atom stereocenters. The maximum atomic E-state index is 11.7. The SMILES string of the molecule is O=c1[nH]c(=O)n(C2OC(COP(=O)([O-])OP(=O)([O-])O[P+](=O)[O-])C(O)C2O)cc1O. The summed E-state index contributed by atoms with van der Waals surface area (Å²) in [5.41, 5.74) is -2.30. The highest BCUT2D eigenvalue weighted by molar-refractivity contribution is 7.63. The molecule has 4 N–H and O–H groups in total. The third-order valence-electron chi connectivity index (χ3n) is 3.32. The second-order valence-corrected chi connectivity index (χ2v) is 9.10. The Balaban J connectivity index is 2.09. The quantitative estimate of drug-likeness (QED) is 0.257. The molecule has 29 heavy (non-hydrogen) atoms. The van der Waals surface area contributed by atoms with E-state index in [-0.39, 0.29) is 0 Å². The number of phosphoric ester groups is 1. The summed E-state index contributed by atoms with van der Waals surface area (Å²) in [6.07, 6.45) is -6.56. The van der Waals surface area contributed by atoms with E-state index in [1.54, 1.807) is 4.98 Å². The normalized spacial score (nSPS) is 29.2. The molecule has 1 saturated heterocycles. The second kappa shape index (κ2) is 8.81. The molecule has 0 radical (unpaired) electrons. The molecule has 0 spiro atoms. The van der Waals surface area contributed by atoms with Gasteiger partial charge in [0.05, 0.1) is 12.8 Å². The van der Waals surface area contributed by atoms with Crippen molar-refractivity contribution in [2.45, 2.75) is 24.5 Å². The van der Waals surface area contributed by atoms with Crippen molar-refractivity contribution in [2.24, 2.45) is 0 Å². The fourth-order valence-corrected chi connectivity index (χ4v) is 4.71. The van der Waals surface area contributed by atoms with Gasteiger partial charge in [-0.15, -0.1) is 0 Å². The number of hydrogen-bond donors (Lipinski definition) is 4. The average Bonchev–Trinajstić information content (AvgIpc) is 2.82. The van der Waals surface area contributed by atoms with Gasteiger partial charge in [-0.1, -0.05) is 4.31 Å². The molecule has 0 amide bonds. The zero-order valence-electron chi connectivity index (χ0n) is 13.6. The molecule has 1 aliphatic heterocycles. The fourth-order valence-electron chi connectivity index (χ4n) is 2.17. The lowest BCUT2D eigenvalue weighted by atomic mass is 10.1. The number of aromatic nitrogens is 2. The predicted molar refractivity (Wildman–Crippen MR) is 79.9 cm³/mol. The van der Waals surface area contributed by atoms with Crippen LogP contribution in [0.5, 0.6) is 5.75 Å². The van der Waals surface area contributed by atoms with Gasteiger partial charge in [0.1, 0.15) is 18.3 Å². The molecule has 2 rings (SSSR count). The van der Waals surface area contributed by atoms with Gasteiger partial charge >= 0.3 is 21.8 Å². The zero-order chi connectivity index (χ0) is 22.1. The Morgan fingerprint density at radius 2 is 1.86 bits per heavy atom. The van der Waals surface area contributed by atoms with Gasteiger partial charge in [0.15, 0.2) is 12.0 Å². The van der Waals surface area contributed by atoms with Crippen LogP contribution in [0.2, 0.25) is 0 Å². The predicted octanol–water partition coefficient (Wildman–Crippen LogP) is -4.13. The molecule has 1 fully saturated rings. The number of phosphoric acid groups is 2. The lowest BCUT2D eigenvalue weighted by Crippen LogP contribution is -2.37. The Bertz CT molecular complexity index is 988. The van der Waals surface area contributed by atoms with E-state index in [0.29, 0.717) is 10.8 Å². The summed E-state index contributed by atoms with van der Waals surface area (Å²) in [4.78, 5) is 57.3. The molecule has 1 aromatic heterocycles. The minimum atomic E-state index is -5.84. The van der Waals surface area contributed by atoms with E-state index in [1.165, 1.54) is 0 Å². The van der Waals surface area contributed by atoms with E-state index in [9.17, 15) is 53.3 Å². The molecule has 20 heteroatoms. The van der Waals surface area contributed by atoms with Crippen LogP contribution in [0.15, 0.2) is 15.8 Å². The first-order valence-corrected chi connectivity index (χ1v) is 11.1. The minimum absolute atomic E-state index is 0.488. The number of rotatable bonds is 8. The van der Waals surface area contributed by atoms with Gasteiger partial charge in [0, 0.05) is 0 Å². The van der Waals surface area contributed by atoms with Crippen LogP contribution in [-0.4, -0.2) is 49.8 Å². The number of nitrogens with zero attached hydrogens (tertiary/aromatic N) is 1. The summed E-state index contributed by atoms with van der Waals surface area (Å²) in [7, 11) is -15.6. The summed E-state index contributed by atoms with van der Waals surface area (Å²) in [5.74, 6) is -0.935. The highest BCUT2D eigenvalue weighted by Crippen LogP contribution is 2.58. The molecule has 0 bridgehead atoms. The molecule has 0 aromatic carbocycles. The first kappa shape index (κ1) is 24.0. The number of aliphatic hydroxyl groups is 2. The van der Waals surface area contributed by atoms with E-state index in [0.717, 1.165) is 0 Å². The molecule has 17 nitrogen and oxygen atoms in total. The number of ether oxygens (including phenoxy) is 1. The minimum Gasteiger partial charge on any atom is -0.756 e. The molecule has 2 heterocycles. The van der Waals surface area contributed by atoms with Gasteiger partial charge in [0.2, 0.25) is 0 Å². The molecular weight excluding hydrogens is 469 g/mol. The van der Waals surface area contributed by atoms with E-state index >= 15 is 0 Å². The number of hydrogen-bond acceptors (Lipinski definition) is 15. The van der Waals surface area contributed by atoms with Crippen molar-refractivity contribution < 1.29 is 61.6 Å². The van der Waals surface area contributed by atoms with Crippen molar-refractivity contribution in [3.05, 3.63) is 27.0 Å². The van der Waals surface area contributed by atoms with Gasteiger partial charge in [-0.25, -0.2) is 9.11 Å². The topological polar surface area (TPSA) is 273 Å². The summed E-state index contributed by atoms with van der Waals surface area (Å²) < 4.78 is 49.1. The molecule has 7 unspecified atom stereocenters. The van der Waals surface area contributed by atoms with Gasteiger partial charge in [-0.2, -0.15) is 0 Å². The first-order chi connectivity index (χ1) is 13.2. The van der Waals surface area contributed by atoms with Crippen molar-refractivity contribution in [1.29, 1.82) is 0 Å². The Kier molecular flexibility index (Phi) is 7.28. The highest BCUT2D eigenvalue weighted by Gasteiger charge is 2.45. The van der Waals surface area contributed by atoms with Crippen molar-refractivity contribution in [2.75, 3.05) is 6.61 Å². The number of nitrogens with one attached hydrogen (secondary N) is 1. The summed E-state index contributed by atoms with van der Waals surface area (Å²) >= 11 is 0. The van der Waals surface area contributed by atoms with Crippen LogP contribution < -0.4 is 25.9 Å². The summed E-state index contributed by atoms with van der Waals surface area (Å²) in [6, 6.07) is 0. The standard InChI is InChI=1S/C9H13N2O15P3/c12-3-1-11(9(16)10-7(3)15)8-6(14)5(13)4(24-8)2-23-28(19,20)26-29(21,22)25-27(17)18/h1,4-6,8,12-14H,2H2,(H,19,20)(H,21,22)(H,10,15,16)/p-2. The number of aliphatic hydroxyl groups excluding tert-OH is 2. The molecule has 1 aliphatic rings. The lowest BCUT2D eigenvalue weighted by Gasteiger charge is -2.28. The van der Waals surface area contributed by atoms with Crippen LogP contribution in [0.1, 0.15) is 6.23 Å². The monoisotopic (exact) mass is 480 g/mol. The molecule has 0 aliphatic carbocycles. The van der Waals surface area contributed by atoms with Crippen LogP contribution in [0, 0.1) is 0 Å². The number of aromatic hydroxyl groups is 1. The third kappa shape index (κ3) is 6.08. The largest absolute Gasteiger partial charge is 0.756 e.